The predicted octanol–water partition coefficient (Wildman–Crippen LogP) is 2.90. The van der Waals surface area contributed by atoms with Gasteiger partial charge in [-0.25, -0.2) is 0 Å². The molecule has 1 aromatic rings. The second-order valence-corrected chi connectivity index (χ2v) is 7.41. The highest BCUT2D eigenvalue weighted by Crippen LogP contribution is 2.27. The molecule has 1 aromatic carbocycles. The van der Waals surface area contributed by atoms with Crippen LogP contribution in [0.5, 0.6) is 0 Å². The fourth-order valence-corrected chi connectivity index (χ4v) is 3.53. The molecule has 3 nitrogen and oxygen atoms in total. The van der Waals surface area contributed by atoms with Crippen molar-refractivity contribution in [3.05, 3.63) is 29.3 Å². The summed E-state index contributed by atoms with van der Waals surface area (Å²) < 4.78 is 0. The molecule has 1 aliphatic heterocycles. The van der Waals surface area contributed by atoms with Crippen LogP contribution >= 0.6 is 11.8 Å². The zero-order valence-electron chi connectivity index (χ0n) is 13.3. The van der Waals surface area contributed by atoms with Gasteiger partial charge in [-0.3, -0.25) is 4.79 Å². The number of hydrogen-bond acceptors (Lipinski definition) is 3. The van der Waals surface area contributed by atoms with Crippen molar-refractivity contribution in [2.45, 2.75) is 38.5 Å². The summed E-state index contributed by atoms with van der Waals surface area (Å²) in [5.41, 5.74) is 2.74. The monoisotopic (exact) mass is 306 g/mol. The Labute approximate surface area is 132 Å². The minimum atomic E-state index is 0.140. The lowest BCUT2D eigenvalue weighted by Crippen LogP contribution is -2.43. The standard InChI is InChI=1S/C17H26N2OS/c1-13-4-5-14(2)15(10-13)21-11-16(20)19-12-17(3)6-8-18-9-7-17/h4-5,10,18H,6-9,11-12H2,1-3H3,(H,19,20). The molecule has 0 spiro atoms. The quantitative estimate of drug-likeness (QED) is 0.822. The highest BCUT2D eigenvalue weighted by atomic mass is 32.2. The van der Waals surface area contributed by atoms with Crippen LogP contribution in [0.3, 0.4) is 0 Å². The van der Waals surface area contributed by atoms with Crippen molar-refractivity contribution < 1.29 is 4.79 Å². The second-order valence-electron chi connectivity index (χ2n) is 6.40. The molecule has 0 unspecified atom stereocenters. The van der Waals surface area contributed by atoms with Crippen molar-refractivity contribution in [2.24, 2.45) is 5.41 Å². The zero-order chi connectivity index (χ0) is 15.3. The maximum atomic E-state index is 12.0. The third kappa shape index (κ3) is 5.04. The Balaban J connectivity index is 1.78. The highest BCUT2D eigenvalue weighted by molar-refractivity contribution is 8.00. The second kappa shape index (κ2) is 7.32. The molecule has 1 heterocycles. The average molecular weight is 306 g/mol. The first-order valence-corrected chi connectivity index (χ1v) is 8.65. The van der Waals surface area contributed by atoms with Crippen molar-refractivity contribution in [1.82, 2.24) is 10.6 Å². The fourth-order valence-electron chi connectivity index (χ4n) is 2.58. The molecular weight excluding hydrogens is 280 g/mol. The molecule has 2 N–H and O–H groups in total. The third-order valence-corrected chi connectivity index (χ3v) is 5.38. The van der Waals surface area contributed by atoms with Crippen molar-refractivity contribution in [3.63, 3.8) is 0 Å². The van der Waals surface area contributed by atoms with Crippen LogP contribution in [0.4, 0.5) is 0 Å². The van der Waals surface area contributed by atoms with Crippen LogP contribution in [-0.2, 0) is 4.79 Å². The smallest absolute Gasteiger partial charge is 0.230 e. The van der Waals surface area contributed by atoms with Gasteiger partial charge < -0.3 is 10.6 Å². The van der Waals surface area contributed by atoms with Crippen LogP contribution in [-0.4, -0.2) is 31.3 Å². The van der Waals surface area contributed by atoms with E-state index in [1.165, 1.54) is 16.0 Å². The van der Waals surface area contributed by atoms with Gasteiger partial charge in [0.05, 0.1) is 5.75 Å². The Bertz CT molecular complexity index is 496. The molecule has 0 saturated carbocycles. The first-order valence-electron chi connectivity index (χ1n) is 7.66. The molecule has 1 fully saturated rings. The molecule has 1 saturated heterocycles. The number of piperidine rings is 1. The van der Waals surface area contributed by atoms with Gasteiger partial charge in [0.2, 0.25) is 5.91 Å². The largest absolute Gasteiger partial charge is 0.355 e. The summed E-state index contributed by atoms with van der Waals surface area (Å²) in [6, 6.07) is 6.38. The van der Waals surface area contributed by atoms with Gasteiger partial charge in [0, 0.05) is 11.4 Å². The molecular formula is C17H26N2OS. The van der Waals surface area contributed by atoms with E-state index in [1.54, 1.807) is 11.8 Å². The van der Waals surface area contributed by atoms with Crippen LogP contribution in [0.2, 0.25) is 0 Å². The maximum Gasteiger partial charge on any atom is 0.230 e. The summed E-state index contributed by atoms with van der Waals surface area (Å²) in [5.74, 6) is 0.638. The first-order chi connectivity index (χ1) is 9.98. The van der Waals surface area contributed by atoms with Gasteiger partial charge in [0.25, 0.3) is 0 Å². The highest BCUT2D eigenvalue weighted by Gasteiger charge is 2.26. The molecule has 21 heavy (non-hydrogen) atoms. The zero-order valence-corrected chi connectivity index (χ0v) is 14.1. The van der Waals surface area contributed by atoms with Crippen LogP contribution < -0.4 is 10.6 Å². The molecule has 0 aliphatic carbocycles. The van der Waals surface area contributed by atoms with Crippen molar-refractivity contribution in [1.29, 1.82) is 0 Å². The molecule has 0 radical (unpaired) electrons. The number of rotatable bonds is 5. The Kier molecular flexibility index (Phi) is 5.71. The first kappa shape index (κ1) is 16.4. The summed E-state index contributed by atoms with van der Waals surface area (Å²) in [4.78, 5) is 13.3. The van der Waals surface area contributed by atoms with E-state index >= 15 is 0 Å². The topological polar surface area (TPSA) is 41.1 Å². The average Bonchev–Trinajstić information content (AvgIpc) is 2.47. The van der Waals surface area contributed by atoms with Crippen molar-refractivity contribution >= 4 is 17.7 Å². The number of hydrogen-bond donors (Lipinski definition) is 2. The van der Waals surface area contributed by atoms with Crippen LogP contribution in [0.1, 0.15) is 30.9 Å². The lowest BCUT2D eigenvalue weighted by Gasteiger charge is -2.34. The van der Waals surface area contributed by atoms with Crippen LogP contribution in [0, 0.1) is 19.3 Å². The van der Waals surface area contributed by atoms with E-state index in [2.05, 4.69) is 49.6 Å². The predicted molar refractivity (Wildman–Crippen MR) is 89.9 cm³/mol. The molecule has 2 rings (SSSR count). The van der Waals surface area contributed by atoms with Gasteiger partial charge in [0.1, 0.15) is 0 Å². The minimum absolute atomic E-state index is 0.140. The van der Waals surface area contributed by atoms with Gasteiger partial charge in [-0.1, -0.05) is 24.6 Å². The fraction of sp³-hybridized carbons (Fsp3) is 0.588. The number of thioether (sulfide) groups is 1. The molecule has 4 heteroatoms. The lowest BCUT2D eigenvalue weighted by molar-refractivity contribution is -0.119. The normalized spacial score (nSPS) is 17.5. The summed E-state index contributed by atoms with van der Waals surface area (Å²) >= 11 is 1.63. The summed E-state index contributed by atoms with van der Waals surface area (Å²) in [5, 5.41) is 6.48. The van der Waals surface area contributed by atoms with E-state index in [-0.39, 0.29) is 11.3 Å². The number of carbonyl (C=O) groups is 1. The van der Waals surface area contributed by atoms with E-state index in [4.69, 9.17) is 0 Å². The van der Waals surface area contributed by atoms with Crippen molar-refractivity contribution in [3.8, 4) is 0 Å². The van der Waals surface area contributed by atoms with E-state index in [1.807, 2.05) is 0 Å². The minimum Gasteiger partial charge on any atom is -0.355 e. The third-order valence-electron chi connectivity index (χ3n) is 4.23. The number of carbonyl (C=O) groups excluding carboxylic acids is 1. The Morgan fingerprint density at radius 3 is 2.76 bits per heavy atom. The summed E-state index contributed by atoms with van der Waals surface area (Å²) in [7, 11) is 0. The van der Waals surface area contributed by atoms with Gasteiger partial charge in [-0.2, -0.15) is 0 Å². The molecule has 0 atom stereocenters. The summed E-state index contributed by atoms with van der Waals surface area (Å²) in [6.45, 7) is 9.36. The molecule has 0 aromatic heterocycles. The van der Waals surface area contributed by atoms with Gasteiger partial charge >= 0.3 is 0 Å². The SMILES string of the molecule is Cc1ccc(C)c(SCC(=O)NCC2(C)CCNCC2)c1. The van der Waals surface area contributed by atoms with Crippen LogP contribution in [0.25, 0.3) is 0 Å². The Morgan fingerprint density at radius 2 is 2.05 bits per heavy atom. The van der Waals surface area contributed by atoms with Crippen LogP contribution in [0.15, 0.2) is 23.1 Å². The molecule has 0 bridgehead atoms. The van der Waals surface area contributed by atoms with Gasteiger partial charge in [0.15, 0.2) is 0 Å². The number of amides is 1. The van der Waals surface area contributed by atoms with E-state index in [9.17, 15) is 4.79 Å². The Morgan fingerprint density at radius 1 is 1.33 bits per heavy atom. The number of aryl methyl sites for hydroxylation is 2. The van der Waals surface area contributed by atoms with Gasteiger partial charge in [-0.15, -0.1) is 11.8 Å². The van der Waals surface area contributed by atoms with E-state index < -0.39 is 0 Å². The molecule has 1 aliphatic rings. The molecule has 1 amide bonds. The van der Waals surface area contributed by atoms with E-state index in [0.29, 0.717) is 5.75 Å². The summed E-state index contributed by atoms with van der Waals surface area (Å²) in [6.07, 6.45) is 2.27. The van der Waals surface area contributed by atoms with Gasteiger partial charge in [-0.05, 0) is 56.8 Å². The maximum absolute atomic E-state index is 12.0. The Hall–Kier alpha value is -1.00. The van der Waals surface area contributed by atoms with E-state index in [0.717, 1.165) is 32.5 Å². The molecule has 116 valence electrons. The number of benzene rings is 1. The number of nitrogens with one attached hydrogen (secondary N) is 2. The lowest BCUT2D eigenvalue weighted by atomic mass is 9.81. The van der Waals surface area contributed by atoms with Crippen molar-refractivity contribution in [2.75, 3.05) is 25.4 Å².